The Morgan fingerprint density at radius 1 is 0.952 bits per heavy atom. The summed E-state index contributed by atoms with van der Waals surface area (Å²) in [7, 11) is 0. The lowest BCUT2D eigenvalue weighted by Crippen LogP contribution is -2.43. The second kappa shape index (κ2) is 5.28. The normalized spacial score (nSPS) is 24.0. The van der Waals surface area contributed by atoms with E-state index in [4.69, 9.17) is 5.73 Å². The number of benzene rings is 2. The van der Waals surface area contributed by atoms with Crippen molar-refractivity contribution in [3.8, 4) is 0 Å². The van der Waals surface area contributed by atoms with Crippen molar-refractivity contribution in [1.29, 1.82) is 0 Å². The Hall–Kier alpha value is -1.64. The number of hydrogen-bond acceptors (Lipinski definition) is 2. The Kier molecular flexibility index (Phi) is 3.28. The van der Waals surface area contributed by atoms with Crippen molar-refractivity contribution in [1.82, 2.24) is 4.90 Å². The number of nitrogens with zero attached hydrogens (tertiary/aromatic N) is 1. The molecule has 1 heterocycles. The van der Waals surface area contributed by atoms with E-state index in [2.05, 4.69) is 53.4 Å². The van der Waals surface area contributed by atoms with Crippen LogP contribution in [-0.4, -0.2) is 24.5 Å². The van der Waals surface area contributed by atoms with Gasteiger partial charge >= 0.3 is 0 Å². The molecule has 1 aliphatic carbocycles. The number of rotatable bonds is 3. The number of fused-ring (bicyclic) bond motifs is 2. The van der Waals surface area contributed by atoms with E-state index in [1.165, 1.54) is 23.1 Å². The van der Waals surface area contributed by atoms with E-state index < -0.39 is 0 Å². The summed E-state index contributed by atoms with van der Waals surface area (Å²) in [4.78, 5) is 2.60. The molecule has 2 nitrogen and oxygen atoms in total. The monoisotopic (exact) mass is 278 g/mol. The zero-order valence-corrected chi connectivity index (χ0v) is 12.3. The van der Waals surface area contributed by atoms with E-state index in [1.807, 2.05) is 0 Å². The van der Waals surface area contributed by atoms with Gasteiger partial charge in [0.15, 0.2) is 0 Å². The third-order valence-electron chi connectivity index (χ3n) is 5.16. The van der Waals surface area contributed by atoms with Crippen LogP contribution in [0.3, 0.4) is 0 Å². The quantitative estimate of drug-likeness (QED) is 0.935. The van der Waals surface area contributed by atoms with Crippen LogP contribution in [-0.2, 0) is 12.8 Å². The standard InChI is InChI=1S/C19H22N2/c20-12-19-18-8-4-1-5-14(18)9-10-21(19)13-16-11-15-6-2-3-7-17(15)16/h1-8,16,19H,9-13,20H2. The minimum Gasteiger partial charge on any atom is -0.329 e. The maximum Gasteiger partial charge on any atom is 0.0473 e. The van der Waals surface area contributed by atoms with Gasteiger partial charge < -0.3 is 5.73 Å². The first-order chi connectivity index (χ1) is 10.4. The highest BCUT2D eigenvalue weighted by Crippen LogP contribution is 2.38. The maximum absolute atomic E-state index is 6.10. The molecule has 0 aromatic heterocycles. The molecule has 0 radical (unpaired) electrons. The van der Waals surface area contributed by atoms with Gasteiger partial charge in [0, 0.05) is 31.6 Å². The molecule has 0 saturated carbocycles. The Morgan fingerprint density at radius 2 is 1.67 bits per heavy atom. The van der Waals surface area contributed by atoms with Crippen LogP contribution in [0.1, 0.15) is 34.2 Å². The molecule has 21 heavy (non-hydrogen) atoms. The molecule has 0 amide bonds. The molecule has 0 spiro atoms. The van der Waals surface area contributed by atoms with Gasteiger partial charge in [-0.1, -0.05) is 48.5 Å². The van der Waals surface area contributed by atoms with Crippen molar-refractivity contribution in [3.63, 3.8) is 0 Å². The molecule has 2 atom stereocenters. The topological polar surface area (TPSA) is 29.3 Å². The second-order valence-corrected chi connectivity index (χ2v) is 6.30. The smallest absolute Gasteiger partial charge is 0.0473 e. The summed E-state index contributed by atoms with van der Waals surface area (Å²) < 4.78 is 0. The lowest BCUT2D eigenvalue weighted by Gasteiger charge is -2.41. The van der Waals surface area contributed by atoms with Gasteiger partial charge in [0.1, 0.15) is 0 Å². The van der Waals surface area contributed by atoms with Crippen LogP contribution in [0.4, 0.5) is 0 Å². The minimum atomic E-state index is 0.391. The lowest BCUT2D eigenvalue weighted by molar-refractivity contribution is 0.172. The van der Waals surface area contributed by atoms with Gasteiger partial charge in [-0.05, 0) is 35.1 Å². The van der Waals surface area contributed by atoms with Gasteiger partial charge in [-0.2, -0.15) is 0 Å². The zero-order chi connectivity index (χ0) is 14.2. The largest absolute Gasteiger partial charge is 0.329 e. The van der Waals surface area contributed by atoms with Crippen LogP contribution in [0.15, 0.2) is 48.5 Å². The first-order valence-electron chi connectivity index (χ1n) is 7.96. The van der Waals surface area contributed by atoms with E-state index in [9.17, 15) is 0 Å². The Balaban J connectivity index is 1.55. The lowest BCUT2D eigenvalue weighted by atomic mass is 9.76. The first-order valence-corrected chi connectivity index (χ1v) is 7.96. The average Bonchev–Trinajstić information content (AvgIpc) is 2.52. The van der Waals surface area contributed by atoms with Crippen LogP contribution in [0, 0.1) is 0 Å². The molecule has 2 unspecified atom stereocenters. The van der Waals surface area contributed by atoms with E-state index in [0.29, 0.717) is 18.5 Å². The summed E-state index contributed by atoms with van der Waals surface area (Å²) in [5, 5.41) is 0. The summed E-state index contributed by atoms with van der Waals surface area (Å²) in [5.74, 6) is 0.695. The molecule has 0 saturated heterocycles. The fourth-order valence-electron chi connectivity index (χ4n) is 4.01. The average molecular weight is 278 g/mol. The third kappa shape index (κ3) is 2.19. The van der Waals surface area contributed by atoms with Gasteiger partial charge in [-0.3, -0.25) is 4.90 Å². The number of hydrogen-bond donors (Lipinski definition) is 1. The van der Waals surface area contributed by atoms with Crippen LogP contribution in [0.25, 0.3) is 0 Å². The fraction of sp³-hybridized carbons (Fsp3) is 0.368. The molecule has 2 aromatic carbocycles. The van der Waals surface area contributed by atoms with Crippen molar-refractivity contribution in [2.75, 3.05) is 19.6 Å². The Bertz CT molecular complexity index is 650. The third-order valence-corrected chi connectivity index (χ3v) is 5.16. The van der Waals surface area contributed by atoms with Gasteiger partial charge in [0.25, 0.3) is 0 Å². The maximum atomic E-state index is 6.10. The summed E-state index contributed by atoms with van der Waals surface area (Å²) in [6.45, 7) is 3.00. The van der Waals surface area contributed by atoms with E-state index >= 15 is 0 Å². The molecule has 108 valence electrons. The van der Waals surface area contributed by atoms with Crippen LogP contribution < -0.4 is 5.73 Å². The molecule has 2 aromatic rings. The second-order valence-electron chi connectivity index (χ2n) is 6.30. The van der Waals surface area contributed by atoms with Crippen LogP contribution in [0.5, 0.6) is 0 Å². The van der Waals surface area contributed by atoms with Crippen molar-refractivity contribution in [2.24, 2.45) is 5.73 Å². The van der Waals surface area contributed by atoms with E-state index in [1.54, 1.807) is 5.56 Å². The summed E-state index contributed by atoms with van der Waals surface area (Å²) in [6.07, 6.45) is 2.38. The highest BCUT2D eigenvalue weighted by atomic mass is 15.2. The minimum absolute atomic E-state index is 0.391. The highest BCUT2D eigenvalue weighted by Gasteiger charge is 2.32. The van der Waals surface area contributed by atoms with Crippen molar-refractivity contribution >= 4 is 0 Å². The highest BCUT2D eigenvalue weighted by molar-refractivity contribution is 5.40. The molecule has 2 heteroatoms. The fourth-order valence-corrected chi connectivity index (χ4v) is 4.01. The zero-order valence-electron chi connectivity index (χ0n) is 12.3. The molecular weight excluding hydrogens is 256 g/mol. The Labute approximate surface area is 126 Å². The number of nitrogens with two attached hydrogens (primary N) is 1. The molecule has 1 aliphatic heterocycles. The molecule has 2 N–H and O–H groups in total. The molecule has 0 fully saturated rings. The van der Waals surface area contributed by atoms with Crippen molar-refractivity contribution < 1.29 is 0 Å². The van der Waals surface area contributed by atoms with Gasteiger partial charge in [0.2, 0.25) is 0 Å². The van der Waals surface area contributed by atoms with Gasteiger partial charge in [-0.25, -0.2) is 0 Å². The predicted molar refractivity (Wildman–Crippen MR) is 86.4 cm³/mol. The first kappa shape index (κ1) is 13.1. The summed E-state index contributed by atoms with van der Waals surface area (Å²) in [5.41, 5.74) is 12.1. The molecule has 0 bridgehead atoms. The van der Waals surface area contributed by atoms with Gasteiger partial charge in [0.05, 0.1) is 0 Å². The summed E-state index contributed by atoms with van der Waals surface area (Å²) in [6, 6.07) is 18.1. The molecule has 2 aliphatic rings. The molecule has 4 rings (SSSR count). The van der Waals surface area contributed by atoms with Crippen molar-refractivity contribution in [2.45, 2.75) is 24.8 Å². The molecular formula is C19H22N2. The summed E-state index contributed by atoms with van der Waals surface area (Å²) >= 11 is 0. The van der Waals surface area contributed by atoms with Crippen LogP contribution >= 0.6 is 0 Å². The van der Waals surface area contributed by atoms with Crippen LogP contribution in [0.2, 0.25) is 0 Å². The van der Waals surface area contributed by atoms with E-state index in [0.717, 1.165) is 19.5 Å². The van der Waals surface area contributed by atoms with Crippen molar-refractivity contribution in [3.05, 3.63) is 70.8 Å². The van der Waals surface area contributed by atoms with Gasteiger partial charge in [-0.15, -0.1) is 0 Å². The predicted octanol–water partition coefficient (Wildman–Crippen LogP) is 2.88. The SMILES string of the molecule is NCC1c2ccccc2CCN1CC1Cc2ccccc21. The Morgan fingerprint density at radius 3 is 2.43 bits per heavy atom. The van der Waals surface area contributed by atoms with E-state index in [-0.39, 0.29) is 0 Å².